The number of benzene rings is 1. The number of nitrogens with one attached hydrogen (secondary N) is 1. The normalized spacial score (nSPS) is 8.77. The van der Waals surface area contributed by atoms with Gasteiger partial charge >= 0.3 is 0 Å². The van der Waals surface area contributed by atoms with Gasteiger partial charge in [-0.1, -0.05) is 0 Å². The molecule has 1 aromatic carbocycles. The van der Waals surface area contributed by atoms with Gasteiger partial charge in [-0.25, -0.2) is 4.39 Å². The molecule has 0 fully saturated rings. The van der Waals surface area contributed by atoms with Crippen LogP contribution in [-0.2, 0) is 0 Å². The summed E-state index contributed by atoms with van der Waals surface area (Å²) in [5.74, 6) is -0.271. The molecule has 0 aliphatic carbocycles. The Morgan fingerprint density at radius 2 is 2.08 bits per heavy atom. The Labute approximate surface area is 81.6 Å². The highest BCUT2D eigenvalue weighted by Gasteiger charge is 2.02. The van der Waals surface area contributed by atoms with Gasteiger partial charge in [-0.05, 0) is 12.1 Å². The lowest BCUT2D eigenvalue weighted by atomic mass is 10.2. The largest absolute Gasteiger partial charge is 0.497 e. The summed E-state index contributed by atoms with van der Waals surface area (Å²) < 4.78 is 17.5. The van der Waals surface area contributed by atoms with Gasteiger partial charge in [-0.3, -0.25) is 5.41 Å². The molecule has 0 radical (unpaired) electrons. The minimum Gasteiger partial charge on any atom is -0.497 e. The number of nitrogen functional groups attached to an aromatic ring is 1. The molecule has 3 nitrogen and oxygen atoms in total. The molecule has 0 aliphatic heterocycles. The molecule has 3 N–H and O–H groups in total. The first-order valence-electron chi connectivity index (χ1n) is 3.32. The summed E-state index contributed by atoms with van der Waals surface area (Å²) in [5.41, 5.74) is 5.49. The lowest BCUT2D eigenvalue weighted by molar-refractivity contribution is 0.411. The maximum Gasteiger partial charge on any atom is 0.127 e. The van der Waals surface area contributed by atoms with Crippen molar-refractivity contribution in [2.75, 3.05) is 7.11 Å². The molecule has 1 aromatic rings. The average Bonchev–Trinajstić information content (AvgIpc) is 2.03. The van der Waals surface area contributed by atoms with Crippen molar-refractivity contribution in [1.29, 1.82) is 5.41 Å². The van der Waals surface area contributed by atoms with E-state index >= 15 is 0 Å². The Morgan fingerprint density at radius 3 is 2.54 bits per heavy atom. The second kappa shape index (κ2) is 4.67. The van der Waals surface area contributed by atoms with Gasteiger partial charge in [0.2, 0.25) is 0 Å². The van der Waals surface area contributed by atoms with E-state index in [-0.39, 0.29) is 18.2 Å². The van der Waals surface area contributed by atoms with Crippen molar-refractivity contribution in [3.8, 4) is 5.75 Å². The fourth-order valence-corrected chi connectivity index (χ4v) is 0.836. The Balaban J connectivity index is 0.00000144. The molecular formula is C8H10ClFN2O. The van der Waals surface area contributed by atoms with Gasteiger partial charge in [0.25, 0.3) is 0 Å². The molecule has 72 valence electrons. The van der Waals surface area contributed by atoms with Gasteiger partial charge < -0.3 is 10.5 Å². The van der Waals surface area contributed by atoms with Crippen LogP contribution < -0.4 is 10.5 Å². The monoisotopic (exact) mass is 204 g/mol. The minimum absolute atomic E-state index is 0. The molecule has 0 aromatic heterocycles. The van der Waals surface area contributed by atoms with Crippen LogP contribution in [0.4, 0.5) is 4.39 Å². The topological polar surface area (TPSA) is 59.1 Å². The molecule has 0 heterocycles. The predicted octanol–water partition coefficient (Wildman–Crippen LogP) is 1.54. The SMILES string of the molecule is COc1cc(F)cc(C(=N)N)c1.Cl. The molecule has 0 unspecified atom stereocenters. The van der Waals surface area contributed by atoms with E-state index in [9.17, 15) is 4.39 Å². The molecule has 0 aliphatic rings. The number of methoxy groups -OCH3 is 1. The van der Waals surface area contributed by atoms with Crippen LogP contribution in [0, 0.1) is 11.2 Å². The average molecular weight is 205 g/mol. The first-order chi connectivity index (χ1) is 5.63. The zero-order valence-corrected chi connectivity index (χ0v) is 7.82. The number of hydrogen-bond acceptors (Lipinski definition) is 2. The Kier molecular flexibility index (Phi) is 4.20. The van der Waals surface area contributed by atoms with Crippen LogP contribution >= 0.6 is 12.4 Å². The van der Waals surface area contributed by atoms with Crippen molar-refractivity contribution in [1.82, 2.24) is 0 Å². The molecule has 5 heteroatoms. The smallest absolute Gasteiger partial charge is 0.127 e. The second-order valence-electron chi connectivity index (χ2n) is 2.29. The quantitative estimate of drug-likeness (QED) is 0.567. The maximum absolute atomic E-state index is 12.7. The molecule has 13 heavy (non-hydrogen) atoms. The Hall–Kier alpha value is -1.29. The van der Waals surface area contributed by atoms with Crippen LogP contribution in [0.3, 0.4) is 0 Å². The maximum atomic E-state index is 12.7. The minimum atomic E-state index is -0.459. The van der Waals surface area contributed by atoms with Gasteiger partial charge in [0, 0.05) is 11.6 Å². The van der Waals surface area contributed by atoms with E-state index in [1.54, 1.807) is 0 Å². The zero-order chi connectivity index (χ0) is 9.14. The zero-order valence-electron chi connectivity index (χ0n) is 7.00. The molecule has 1 rings (SSSR count). The number of amidine groups is 1. The van der Waals surface area contributed by atoms with Crippen LogP contribution in [0.2, 0.25) is 0 Å². The van der Waals surface area contributed by atoms with Gasteiger partial charge in [-0.2, -0.15) is 0 Å². The highest BCUT2D eigenvalue weighted by Crippen LogP contribution is 2.15. The van der Waals surface area contributed by atoms with E-state index in [2.05, 4.69) is 0 Å². The summed E-state index contributed by atoms with van der Waals surface area (Å²) in [5, 5.41) is 7.06. The Bertz CT molecular complexity index is 317. The van der Waals surface area contributed by atoms with Crippen molar-refractivity contribution in [3.05, 3.63) is 29.6 Å². The summed E-state index contributed by atoms with van der Waals surface area (Å²) in [6, 6.07) is 3.92. The Morgan fingerprint density at radius 1 is 1.46 bits per heavy atom. The number of ether oxygens (including phenoxy) is 1. The summed E-state index contributed by atoms with van der Waals surface area (Å²) in [6.07, 6.45) is 0. The van der Waals surface area contributed by atoms with Crippen molar-refractivity contribution < 1.29 is 9.13 Å². The summed E-state index contributed by atoms with van der Waals surface area (Å²) in [7, 11) is 1.43. The fourth-order valence-electron chi connectivity index (χ4n) is 0.836. The molecule has 0 bridgehead atoms. The third-order valence-electron chi connectivity index (χ3n) is 1.42. The van der Waals surface area contributed by atoms with E-state index < -0.39 is 5.82 Å². The molecule has 0 spiro atoms. The summed E-state index contributed by atoms with van der Waals surface area (Å²) in [4.78, 5) is 0. The van der Waals surface area contributed by atoms with E-state index in [0.717, 1.165) is 0 Å². The first kappa shape index (κ1) is 11.7. The van der Waals surface area contributed by atoms with Crippen molar-refractivity contribution >= 4 is 18.2 Å². The van der Waals surface area contributed by atoms with Crippen molar-refractivity contribution in [3.63, 3.8) is 0 Å². The van der Waals surface area contributed by atoms with Crippen LogP contribution in [-0.4, -0.2) is 12.9 Å². The highest BCUT2D eigenvalue weighted by molar-refractivity contribution is 5.95. The van der Waals surface area contributed by atoms with E-state index in [4.69, 9.17) is 15.9 Å². The lowest BCUT2D eigenvalue weighted by Crippen LogP contribution is -2.11. The van der Waals surface area contributed by atoms with Gasteiger partial charge in [0.15, 0.2) is 0 Å². The van der Waals surface area contributed by atoms with Gasteiger partial charge in [-0.15, -0.1) is 12.4 Å². The molecule has 0 saturated carbocycles. The third-order valence-corrected chi connectivity index (χ3v) is 1.42. The van der Waals surface area contributed by atoms with E-state index in [1.807, 2.05) is 0 Å². The van der Waals surface area contributed by atoms with Crippen LogP contribution in [0.25, 0.3) is 0 Å². The van der Waals surface area contributed by atoms with Crippen LogP contribution in [0.5, 0.6) is 5.75 Å². The highest BCUT2D eigenvalue weighted by atomic mass is 35.5. The van der Waals surface area contributed by atoms with E-state index in [0.29, 0.717) is 11.3 Å². The number of halogens is 2. The third kappa shape index (κ3) is 2.91. The second-order valence-corrected chi connectivity index (χ2v) is 2.29. The summed E-state index contributed by atoms with van der Waals surface area (Å²) in [6.45, 7) is 0. The summed E-state index contributed by atoms with van der Waals surface area (Å²) >= 11 is 0. The predicted molar refractivity (Wildman–Crippen MR) is 51.2 cm³/mol. The van der Waals surface area contributed by atoms with Crippen LogP contribution in [0.15, 0.2) is 18.2 Å². The first-order valence-corrected chi connectivity index (χ1v) is 3.32. The standard InChI is InChI=1S/C8H9FN2O.ClH/c1-12-7-3-5(8(10)11)2-6(9)4-7;/h2-4H,1H3,(H3,10,11);1H. The molecular weight excluding hydrogens is 195 g/mol. The number of hydrogen-bond donors (Lipinski definition) is 2. The molecule has 0 amide bonds. The van der Waals surface area contributed by atoms with Crippen molar-refractivity contribution in [2.24, 2.45) is 5.73 Å². The lowest BCUT2D eigenvalue weighted by Gasteiger charge is -2.02. The van der Waals surface area contributed by atoms with Crippen LogP contribution in [0.1, 0.15) is 5.56 Å². The van der Waals surface area contributed by atoms with Gasteiger partial charge in [0.05, 0.1) is 7.11 Å². The number of nitrogens with two attached hydrogens (primary N) is 1. The number of rotatable bonds is 2. The fraction of sp³-hybridized carbons (Fsp3) is 0.125. The van der Waals surface area contributed by atoms with Crippen molar-refractivity contribution in [2.45, 2.75) is 0 Å². The van der Waals surface area contributed by atoms with Gasteiger partial charge in [0.1, 0.15) is 17.4 Å². The molecule has 0 saturated heterocycles. The van der Waals surface area contributed by atoms with E-state index in [1.165, 1.54) is 25.3 Å². The molecule has 0 atom stereocenters.